The van der Waals surface area contributed by atoms with Crippen LogP contribution in [0.5, 0.6) is 5.75 Å². The molecule has 1 unspecified atom stereocenters. The minimum absolute atomic E-state index is 0.0982. The van der Waals surface area contributed by atoms with E-state index in [0.717, 1.165) is 12.3 Å². The molecule has 5 rings (SSSR count). The molecule has 0 aliphatic carbocycles. The summed E-state index contributed by atoms with van der Waals surface area (Å²) in [6.07, 6.45) is 0.857. The van der Waals surface area contributed by atoms with Gasteiger partial charge in [0.2, 0.25) is 18.0 Å². The van der Waals surface area contributed by atoms with Crippen molar-refractivity contribution in [3.63, 3.8) is 0 Å². The number of halogens is 2. The maximum absolute atomic E-state index is 15.3. The first-order chi connectivity index (χ1) is 18.8. The fraction of sp³-hybridized carbons (Fsp3) is 0.357. The summed E-state index contributed by atoms with van der Waals surface area (Å²) in [6, 6.07) is 11.9. The Morgan fingerprint density at radius 1 is 1.10 bits per heavy atom. The molecule has 3 heterocycles. The van der Waals surface area contributed by atoms with Crippen LogP contribution in [0.2, 0.25) is 0 Å². The second kappa shape index (κ2) is 10.8. The van der Waals surface area contributed by atoms with Crippen LogP contribution in [0.25, 0.3) is 0 Å². The Balaban J connectivity index is 1.64. The van der Waals surface area contributed by atoms with Gasteiger partial charge in [0.15, 0.2) is 17.3 Å². The molecule has 2 aliphatic heterocycles. The quantitative estimate of drug-likeness (QED) is 0.324. The van der Waals surface area contributed by atoms with Crippen LogP contribution in [0.1, 0.15) is 60.3 Å². The van der Waals surface area contributed by atoms with Crippen molar-refractivity contribution in [3.05, 3.63) is 93.4 Å². The molecule has 1 amide bonds. The molecule has 2 aromatic carbocycles. The molecule has 1 aromatic heterocycles. The lowest BCUT2D eigenvalue weighted by Crippen LogP contribution is -2.51. The van der Waals surface area contributed by atoms with Crippen molar-refractivity contribution in [1.82, 2.24) is 14.7 Å². The minimum atomic E-state index is -0.998. The highest BCUT2D eigenvalue weighted by Gasteiger charge is 2.48. The average molecular weight is 540 g/mol. The summed E-state index contributed by atoms with van der Waals surface area (Å²) in [4.78, 5) is 39.9. The smallest absolute Gasteiger partial charge is 0.451 e. The number of carbonyl (C=O) groups excluding carboxylic acids is 2. The molecule has 204 valence electrons. The van der Waals surface area contributed by atoms with Gasteiger partial charge < -0.3 is 19.1 Å². The maximum Gasteiger partial charge on any atom is 0.511 e. The Morgan fingerprint density at radius 2 is 1.87 bits per heavy atom. The molecule has 0 N–H and O–H groups in total. The molecule has 1 saturated heterocycles. The van der Waals surface area contributed by atoms with Gasteiger partial charge in [0.05, 0.1) is 24.4 Å². The number of aromatic nitrogens is 2. The average Bonchev–Trinajstić information content (AvgIpc) is 3.40. The highest BCUT2D eigenvalue weighted by atomic mass is 19.2. The van der Waals surface area contributed by atoms with Gasteiger partial charge in [0.1, 0.15) is 0 Å². The lowest BCUT2D eigenvalue weighted by atomic mass is 9.79. The van der Waals surface area contributed by atoms with E-state index < -0.39 is 60.0 Å². The molecule has 2 aliphatic rings. The number of benzene rings is 2. The van der Waals surface area contributed by atoms with Crippen molar-refractivity contribution in [2.75, 3.05) is 13.3 Å². The van der Waals surface area contributed by atoms with Crippen molar-refractivity contribution in [1.29, 1.82) is 0 Å². The molecule has 39 heavy (non-hydrogen) atoms. The monoisotopic (exact) mass is 539 g/mol. The first-order valence-electron chi connectivity index (χ1n) is 12.7. The van der Waals surface area contributed by atoms with Crippen LogP contribution in [-0.2, 0) is 9.47 Å². The van der Waals surface area contributed by atoms with Gasteiger partial charge >= 0.3 is 6.16 Å². The van der Waals surface area contributed by atoms with Gasteiger partial charge in [-0.3, -0.25) is 14.3 Å². The highest BCUT2D eigenvalue weighted by Crippen LogP contribution is 2.46. The Labute approximate surface area is 222 Å². The van der Waals surface area contributed by atoms with E-state index in [9.17, 15) is 18.8 Å². The number of hydrogen-bond donors (Lipinski definition) is 0. The van der Waals surface area contributed by atoms with E-state index in [4.69, 9.17) is 14.2 Å². The van der Waals surface area contributed by atoms with Gasteiger partial charge in [-0.1, -0.05) is 42.5 Å². The van der Waals surface area contributed by atoms with E-state index in [-0.39, 0.29) is 17.0 Å². The molecule has 9 nitrogen and oxygen atoms in total. The second-order valence-corrected chi connectivity index (χ2v) is 9.68. The zero-order valence-corrected chi connectivity index (χ0v) is 21.4. The first kappa shape index (κ1) is 26.3. The molecule has 0 radical (unpaired) electrons. The third-order valence-corrected chi connectivity index (χ3v) is 6.94. The maximum atomic E-state index is 15.3. The van der Waals surface area contributed by atoms with Gasteiger partial charge in [-0.15, -0.1) is 0 Å². The molecular formula is C28H27F2N3O6. The molecule has 11 heteroatoms. The highest BCUT2D eigenvalue weighted by molar-refractivity contribution is 5.96. The third-order valence-electron chi connectivity index (χ3n) is 6.94. The van der Waals surface area contributed by atoms with Gasteiger partial charge in [-0.05, 0) is 38.3 Å². The number of amides is 1. The van der Waals surface area contributed by atoms with Crippen LogP contribution in [0.4, 0.5) is 13.6 Å². The lowest BCUT2D eigenvalue weighted by Gasteiger charge is -2.42. The topological polar surface area (TPSA) is 100.0 Å². The number of fused-ring (bicyclic) bond motifs is 2. The molecule has 0 bridgehead atoms. The fourth-order valence-electron chi connectivity index (χ4n) is 5.42. The number of hydrogen-bond acceptors (Lipinski definition) is 7. The second-order valence-electron chi connectivity index (χ2n) is 9.68. The van der Waals surface area contributed by atoms with Gasteiger partial charge in [0.25, 0.3) is 5.91 Å². The van der Waals surface area contributed by atoms with Crippen LogP contribution in [-0.4, -0.2) is 52.2 Å². The summed E-state index contributed by atoms with van der Waals surface area (Å²) in [6.45, 7) is 3.01. The van der Waals surface area contributed by atoms with Crippen LogP contribution < -0.4 is 10.2 Å². The van der Waals surface area contributed by atoms with Crippen molar-refractivity contribution in [2.45, 2.75) is 50.8 Å². The fourth-order valence-corrected chi connectivity index (χ4v) is 5.42. The molecular weight excluding hydrogens is 512 g/mol. The third kappa shape index (κ3) is 4.96. The molecule has 3 atom stereocenters. The van der Waals surface area contributed by atoms with Crippen LogP contribution in [0.15, 0.2) is 59.5 Å². The largest absolute Gasteiger partial charge is 0.511 e. The Bertz CT molecular complexity index is 1440. The van der Waals surface area contributed by atoms with Crippen LogP contribution >= 0.6 is 0 Å². The van der Waals surface area contributed by atoms with E-state index in [1.165, 1.54) is 16.8 Å². The van der Waals surface area contributed by atoms with E-state index in [2.05, 4.69) is 5.10 Å². The van der Waals surface area contributed by atoms with Gasteiger partial charge in [-0.25, -0.2) is 13.6 Å². The molecule has 0 saturated carbocycles. The van der Waals surface area contributed by atoms with Crippen molar-refractivity contribution < 1.29 is 32.6 Å². The number of rotatable bonds is 7. The zero-order chi connectivity index (χ0) is 27.7. The molecule has 0 spiro atoms. The lowest BCUT2D eigenvalue weighted by molar-refractivity contribution is -0.00949. The zero-order valence-electron chi connectivity index (χ0n) is 21.4. The number of nitrogens with zero attached hydrogens (tertiary/aromatic N) is 3. The predicted octanol–water partition coefficient (Wildman–Crippen LogP) is 4.41. The van der Waals surface area contributed by atoms with Crippen molar-refractivity contribution >= 4 is 12.1 Å². The van der Waals surface area contributed by atoms with Gasteiger partial charge in [-0.2, -0.15) is 5.10 Å². The normalized spacial score (nSPS) is 18.9. The summed E-state index contributed by atoms with van der Waals surface area (Å²) >= 11 is 0. The van der Waals surface area contributed by atoms with Gasteiger partial charge in [0, 0.05) is 18.0 Å². The molecule has 3 aromatic rings. The Hall–Kier alpha value is -4.28. The first-order valence-corrected chi connectivity index (χ1v) is 12.7. The number of carbonyl (C=O) groups is 2. The van der Waals surface area contributed by atoms with E-state index in [1.807, 2.05) is 6.07 Å². The van der Waals surface area contributed by atoms with Crippen LogP contribution in [0, 0.1) is 11.6 Å². The SMILES string of the molecule is CC(C)OC(=O)OCOc1c2n(ncc1=O)[C@@H](C(c1ccccc1)c1cccc(F)c1F)[C@H]1CCCN1C2=O. The summed E-state index contributed by atoms with van der Waals surface area (Å²) in [5, 5.41) is 4.31. The summed E-state index contributed by atoms with van der Waals surface area (Å²) < 4.78 is 46.5. The Morgan fingerprint density at radius 3 is 2.62 bits per heavy atom. The standard InChI is InChI=1S/C28H27F2N3O6/c1-16(2)39-28(36)38-15-37-26-21(34)14-31-33-24(20-12-7-13-32(20)27(35)25(26)33)22(17-8-4-3-5-9-17)18-10-6-11-19(29)23(18)30/h3-6,8-11,14,16,20,22,24H,7,12-13,15H2,1-2H3/t20-,22?,24-/m1/s1. The molecule has 1 fully saturated rings. The van der Waals surface area contributed by atoms with Crippen molar-refractivity contribution in [3.8, 4) is 5.75 Å². The number of ether oxygens (including phenoxy) is 3. The summed E-state index contributed by atoms with van der Waals surface area (Å²) in [5.74, 6) is -3.59. The van der Waals surface area contributed by atoms with Crippen LogP contribution in [0.3, 0.4) is 0 Å². The Kier molecular flexibility index (Phi) is 7.32. The summed E-state index contributed by atoms with van der Waals surface area (Å²) in [5.41, 5.74) is -0.0628. The minimum Gasteiger partial charge on any atom is -0.451 e. The van der Waals surface area contributed by atoms with E-state index >= 15 is 4.39 Å². The van der Waals surface area contributed by atoms with E-state index in [0.29, 0.717) is 24.9 Å². The van der Waals surface area contributed by atoms with Crippen molar-refractivity contribution in [2.24, 2.45) is 0 Å². The predicted molar refractivity (Wildman–Crippen MR) is 134 cm³/mol. The van der Waals surface area contributed by atoms with E-state index in [1.54, 1.807) is 43.0 Å². The summed E-state index contributed by atoms with van der Waals surface area (Å²) in [7, 11) is 0.